The molecule has 0 aliphatic rings. The number of esters is 2. The summed E-state index contributed by atoms with van der Waals surface area (Å²) in [6, 6.07) is 0. The van der Waals surface area contributed by atoms with Crippen molar-refractivity contribution in [2.75, 3.05) is 19.8 Å². The minimum Gasteiger partial charge on any atom is -0.462 e. The van der Waals surface area contributed by atoms with Crippen LogP contribution in [0.3, 0.4) is 0 Å². The van der Waals surface area contributed by atoms with Crippen molar-refractivity contribution in [3.63, 3.8) is 0 Å². The molecule has 0 saturated heterocycles. The minimum absolute atomic E-state index is 0.0458. The zero-order valence-corrected chi connectivity index (χ0v) is 42.0. The van der Waals surface area contributed by atoms with Crippen molar-refractivity contribution in [3.8, 4) is 0 Å². The number of carbonyl (C=O) groups is 2. The summed E-state index contributed by atoms with van der Waals surface area (Å²) >= 11 is 0. The molecule has 64 heavy (non-hydrogen) atoms. The van der Waals surface area contributed by atoms with E-state index in [9.17, 15) is 9.59 Å². The Balaban J connectivity index is 4.36. The van der Waals surface area contributed by atoms with Crippen LogP contribution in [0.4, 0.5) is 0 Å². The van der Waals surface area contributed by atoms with Crippen LogP contribution in [0.1, 0.15) is 239 Å². The molecule has 0 amide bonds. The van der Waals surface area contributed by atoms with Gasteiger partial charge in [0, 0.05) is 19.4 Å². The van der Waals surface area contributed by atoms with Gasteiger partial charge in [-0.2, -0.15) is 0 Å². The van der Waals surface area contributed by atoms with E-state index in [2.05, 4.69) is 112 Å². The largest absolute Gasteiger partial charge is 0.462 e. The fourth-order valence-corrected chi connectivity index (χ4v) is 7.11. The summed E-state index contributed by atoms with van der Waals surface area (Å²) in [5.74, 6) is -0.504. The molecule has 5 heteroatoms. The number of rotatable bonds is 48. The van der Waals surface area contributed by atoms with Gasteiger partial charge in [0.15, 0.2) is 6.10 Å². The van der Waals surface area contributed by atoms with Gasteiger partial charge in [0.1, 0.15) is 6.61 Å². The van der Waals surface area contributed by atoms with Crippen LogP contribution >= 0.6 is 0 Å². The standard InChI is InChI=1S/C59H100O5/c1-4-7-10-13-16-19-22-25-27-29-31-33-36-39-42-45-48-51-54-62-55-57(64-59(61)53-50-47-44-41-38-34-24-21-18-15-12-9-6-3)56-63-58(60)52-49-46-43-40-37-35-32-30-28-26-23-20-17-14-11-8-5-2/h9,12,16-21,25-28,34,38,44,47,57H,4-8,10-11,13-15,22-24,29-33,35-37,39-43,45-46,48-56H2,1-3H3/b12-9-,19-16-,20-17-,21-18-,27-25-,28-26-,38-34-,47-44-. The fraction of sp³-hybridized carbons (Fsp3) is 0.695. The summed E-state index contributed by atoms with van der Waals surface area (Å²) in [5, 5.41) is 0. The Morgan fingerprint density at radius 2 is 0.734 bits per heavy atom. The molecule has 0 aromatic carbocycles. The summed E-state index contributed by atoms with van der Waals surface area (Å²) < 4.78 is 17.3. The lowest BCUT2D eigenvalue weighted by Crippen LogP contribution is -2.30. The van der Waals surface area contributed by atoms with Crippen LogP contribution in [0.5, 0.6) is 0 Å². The fourth-order valence-electron chi connectivity index (χ4n) is 7.11. The Kier molecular flexibility index (Phi) is 51.5. The van der Waals surface area contributed by atoms with Crippen molar-refractivity contribution < 1.29 is 23.8 Å². The van der Waals surface area contributed by atoms with Crippen LogP contribution in [0.2, 0.25) is 0 Å². The molecule has 0 heterocycles. The number of hydrogen-bond donors (Lipinski definition) is 0. The first-order valence-corrected chi connectivity index (χ1v) is 26.8. The lowest BCUT2D eigenvalue weighted by molar-refractivity contribution is -0.162. The average molecular weight is 889 g/mol. The third-order valence-electron chi connectivity index (χ3n) is 11.1. The Morgan fingerprint density at radius 1 is 0.359 bits per heavy atom. The van der Waals surface area contributed by atoms with Crippen LogP contribution in [0.15, 0.2) is 97.2 Å². The van der Waals surface area contributed by atoms with Gasteiger partial charge in [-0.05, 0) is 109 Å². The van der Waals surface area contributed by atoms with Gasteiger partial charge in [-0.15, -0.1) is 0 Å². The molecule has 0 aliphatic heterocycles. The predicted molar refractivity (Wildman–Crippen MR) is 279 cm³/mol. The molecule has 0 fully saturated rings. The van der Waals surface area contributed by atoms with E-state index >= 15 is 0 Å². The second-order valence-electron chi connectivity index (χ2n) is 17.4. The van der Waals surface area contributed by atoms with Gasteiger partial charge in [0.2, 0.25) is 0 Å². The van der Waals surface area contributed by atoms with Crippen molar-refractivity contribution in [2.45, 2.75) is 245 Å². The van der Waals surface area contributed by atoms with E-state index in [4.69, 9.17) is 14.2 Å². The maximum Gasteiger partial charge on any atom is 0.306 e. The molecule has 5 nitrogen and oxygen atoms in total. The molecule has 0 aliphatic carbocycles. The maximum atomic E-state index is 12.8. The predicted octanol–water partition coefficient (Wildman–Crippen LogP) is 18.2. The summed E-state index contributed by atoms with van der Waals surface area (Å²) in [4.78, 5) is 25.4. The van der Waals surface area contributed by atoms with Crippen molar-refractivity contribution in [2.24, 2.45) is 0 Å². The molecule has 0 spiro atoms. The number of carbonyl (C=O) groups excluding carboxylic acids is 2. The Morgan fingerprint density at radius 3 is 1.19 bits per heavy atom. The molecule has 0 aromatic heterocycles. The number of ether oxygens (including phenoxy) is 3. The van der Waals surface area contributed by atoms with Crippen LogP contribution in [0.25, 0.3) is 0 Å². The smallest absolute Gasteiger partial charge is 0.306 e. The van der Waals surface area contributed by atoms with E-state index in [1.165, 1.54) is 128 Å². The van der Waals surface area contributed by atoms with Crippen LogP contribution < -0.4 is 0 Å². The van der Waals surface area contributed by atoms with Gasteiger partial charge in [-0.1, -0.05) is 214 Å². The molecule has 0 rings (SSSR count). The van der Waals surface area contributed by atoms with Crippen LogP contribution in [-0.4, -0.2) is 37.9 Å². The number of hydrogen-bond acceptors (Lipinski definition) is 5. The number of allylic oxidation sites excluding steroid dienone is 16. The highest BCUT2D eigenvalue weighted by Crippen LogP contribution is 2.13. The lowest BCUT2D eigenvalue weighted by atomic mass is 10.1. The van der Waals surface area contributed by atoms with E-state index in [0.29, 0.717) is 25.9 Å². The normalized spacial score (nSPS) is 13.0. The summed E-state index contributed by atoms with van der Waals surface area (Å²) in [7, 11) is 0. The zero-order valence-electron chi connectivity index (χ0n) is 42.0. The third-order valence-corrected chi connectivity index (χ3v) is 11.1. The topological polar surface area (TPSA) is 61.8 Å². The Labute approximate surface area is 396 Å². The van der Waals surface area contributed by atoms with E-state index in [1.807, 2.05) is 6.08 Å². The number of unbranched alkanes of at least 4 members (excludes halogenated alkanes) is 21. The minimum atomic E-state index is -0.586. The first-order valence-electron chi connectivity index (χ1n) is 26.8. The first-order chi connectivity index (χ1) is 31.6. The summed E-state index contributed by atoms with van der Waals surface area (Å²) in [6.07, 6.45) is 72.9. The Hall–Kier alpha value is -3.18. The second-order valence-corrected chi connectivity index (χ2v) is 17.4. The molecule has 1 atom stereocenters. The monoisotopic (exact) mass is 889 g/mol. The lowest BCUT2D eigenvalue weighted by Gasteiger charge is -2.18. The van der Waals surface area contributed by atoms with Crippen molar-refractivity contribution in [3.05, 3.63) is 97.2 Å². The molecule has 0 saturated carbocycles. The quantitative estimate of drug-likeness (QED) is 0.0346. The van der Waals surface area contributed by atoms with Crippen LogP contribution in [0, 0.1) is 0 Å². The van der Waals surface area contributed by atoms with E-state index in [-0.39, 0.29) is 25.2 Å². The SMILES string of the molecule is CC/C=C\C/C=C\C/C=C\C/C=C\CCC(=O)OC(COCCCCCCCCCC/C=C\C/C=C\CCCCC)COC(=O)CCCCCCCCC/C=C\C/C=C\CCCCC. The average Bonchev–Trinajstić information content (AvgIpc) is 3.30. The summed E-state index contributed by atoms with van der Waals surface area (Å²) in [6.45, 7) is 7.57. The van der Waals surface area contributed by atoms with Gasteiger partial charge < -0.3 is 14.2 Å². The highest BCUT2D eigenvalue weighted by Gasteiger charge is 2.17. The third kappa shape index (κ3) is 51.5. The molecule has 1 unspecified atom stereocenters. The molecule has 0 aromatic rings. The van der Waals surface area contributed by atoms with Crippen molar-refractivity contribution in [1.29, 1.82) is 0 Å². The molecule has 366 valence electrons. The second kappa shape index (κ2) is 54.2. The van der Waals surface area contributed by atoms with Crippen molar-refractivity contribution >= 4 is 11.9 Å². The van der Waals surface area contributed by atoms with Crippen LogP contribution in [-0.2, 0) is 23.8 Å². The van der Waals surface area contributed by atoms with E-state index in [1.54, 1.807) is 0 Å². The zero-order chi connectivity index (χ0) is 46.3. The molecular formula is C59H100O5. The van der Waals surface area contributed by atoms with Gasteiger partial charge in [-0.3, -0.25) is 9.59 Å². The van der Waals surface area contributed by atoms with Gasteiger partial charge >= 0.3 is 11.9 Å². The maximum absolute atomic E-state index is 12.8. The molecule has 0 radical (unpaired) electrons. The van der Waals surface area contributed by atoms with Gasteiger partial charge in [0.25, 0.3) is 0 Å². The highest BCUT2D eigenvalue weighted by molar-refractivity contribution is 5.70. The molecule has 0 N–H and O–H groups in total. The first kappa shape index (κ1) is 60.8. The van der Waals surface area contributed by atoms with E-state index in [0.717, 1.165) is 70.6 Å². The summed E-state index contributed by atoms with van der Waals surface area (Å²) in [5.41, 5.74) is 0. The van der Waals surface area contributed by atoms with Crippen molar-refractivity contribution in [1.82, 2.24) is 0 Å². The molecular weight excluding hydrogens is 789 g/mol. The Bertz CT molecular complexity index is 1230. The highest BCUT2D eigenvalue weighted by atomic mass is 16.6. The van der Waals surface area contributed by atoms with Gasteiger partial charge in [0.05, 0.1) is 6.61 Å². The molecule has 0 bridgehead atoms. The van der Waals surface area contributed by atoms with Gasteiger partial charge in [-0.25, -0.2) is 0 Å². The van der Waals surface area contributed by atoms with E-state index < -0.39 is 6.10 Å².